The van der Waals surface area contributed by atoms with Gasteiger partial charge in [-0.1, -0.05) is 43.3 Å². The number of anilines is 1. The lowest BCUT2D eigenvalue weighted by Gasteiger charge is -2.52. The second-order valence-electron chi connectivity index (χ2n) is 7.20. The van der Waals surface area contributed by atoms with Crippen molar-refractivity contribution in [3.63, 3.8) is 0 Å². The van der Waals surface area contributed by atoms with Gasteiger partial charge in [0.1, 0.15) is 11.9 Å². The summed E-state index contributed by atoms with van der Waals surface area (Å²) in [6, 6.07) is 16.0. The molecule has 1 aliphatic rings. The fourth-order valence-corrected chi connectivity index (χ4v) is 5.27. The van der Waals surface area contributed by atoms with Crippen LogP contribution in [0.1, 0.15) is 29.0 Å². The Kier molecular flexibility index (Phi) is 5.35. The van der Waals surface area contributed by atoms with Crippen LogP contribution in [0.5, 0.6) is 0 Å². The molecule has 29 heavy (non-hydrogen) atoms. The van der Waals surface area contributed by atoms with Gasteiger partial charge >= 0.3 is 0 Å². The Morgan fingerprint density at radius 3 is 2.55 bits per heavy atom. The number of halogens is 1. The molecule has 0 unspecified atom stereocenters. The summed E-state index contributed by atoms with van der Waals surface area (Å²) in [7, 11) is 0. The van der Waals surface area contributed by atoms with Gasteiger partial charge in [0.15, 0.2) is 5.13 Å². The Balaban J connectivity index is 1.74. The summed E-state index contributed by atoms with van der Waals surface area (Å²) < 4.78 is 13.4. The second kappa shape index (κ2) is 7.94. The first-order valence-corrected chi connectivity index (χ1v) is 10.5. The van der Waals surface area contributed by atoms with Crippen LogP contribution in [0.25, 0.3) is 11.1 Å². The zero-order valence-electron chi connectivity index (χ0n) is 16.3. The highest BCUT2D eigenvalue weighted by atomic mass is 32.1. The molecule has 0 amide bonds. The van der Waals surface area contributed by atoms with Gasteiger partial charge in [-0.3, -0.25) is 0 Å². The van der Waals surface area contributed by atoms with Gasteiger partial charge in [-0.2, -0.15) is 5.26 Å². The third kappa shape index (κ3) is 3.31. The summed E-state index contributed by atoms with van der Waals surface area (Å²) in [4.78, 5) is 7.80. The predicted molar refractivity (Wildman–Crippen MR) is 114 cm³/mol. The normalized spacial score (nSPS) is 20.9. The standard InChI is InChI=1S/C23H22FN3OS/c1-3-19-14(2)29-23(26-19)27-20(12-25)22(21(27)13-28)18-7-5-4-6-17(18)15-8-10-16(24)11-9-15/h4-11,20-22,28H,3,13H2,1-2H3/t20-,21+,22-/m0/s1. The lowest BCUT2D eigenvalue weighted by molar-refractivity contribution is 0.188. The van der Waals surface area contributed by atoms with Crippen LogP contribution in [0.4, 0.5) is 9.52 Å². The van der Waals surface area contributed by atoms with Gasteiger partial charge in [0.2, 0.25) is 0 Å². The van der Waals surface area contributed by atoms with Crippen molar-refractivity contribution in [2.75, 3.05) is 11.5 Å². The lowest BCUT2D eigenvalue weighted by atomic mass is 9.74. The first-order chi connectivity index (χ1) is 14.1. The summed E-state index contributed by atoms with van der Waals surface area (Å²) in [6.07, 6.45) is 0.841. The van der Waals surface area contributed by atoms with Gasteiger partial charge in [-0.15, -0.1) is 11.3 Å². The van der Waals surface area contributed by atoms with Gasteiger partial charge in [0.05, 0.1) is 24.4 Å². The van der Waals surface area contributed by atoms with Crippen molar-refractivity contribution < 1.29 is 9.50 Å². The average molecular weight is 408 g/mol. The van der Waals surface area contributed by atoms with Gasteiger partial charge < -0.3 is 10.0 Å². The summed E-state index contributed by atoms with van der Waals surface area (Å²) in [5.41, 5.74) is 3.88. The molecular formula is C23H22FN3OS. The number of nitriles is 1. The quantitative estimate of drug-likeness (QED) is 0.667. The van der Waals surface area contributed by atoms with E-state index in [1.807, 2.05) is 36.1 Å². The van der Waals surface area contributed by atoms with E-state index in [0.29, 0.717) is 0 Å². The number of rotatable bonds is 5. The van der Waals surface area contributed by atoms with Crippen LogP contribution >= 0.6 is 11.3 Å². The number of benzene rings is 2. The van der Waals surface area contributed by atoms with E-state index in [1.54, 1.807) is 23.5 Å². The number of aliphatic hydroxyl groups excluding tert-OH is 1. The largest absolute Gasteiger partial charge is 0.394 e. The molecule has 1 N–H and O–H groups in total. The average Bonchev–Trinajstić information content (AvgIpc) is 3.09. The maximum Gasteiger partial charge on any atom is 0.187 e. The van der Waals surface area contributed by atoms with E-state index in [2.05, 4.69) is 13.0 Å². The van der Waals surface area contributed by atoms with Crippen molar-refractivity contribution in [2.45, 2.75) is 38.3 Å². The van der Waals surface area contributed by atoms with Crippen LogP contribution in [0.2, 0.25) is 0 Å². The van der Waals surface area contributed by atoms with Crippen LogP contribution in [-0.2, 0) is 6.42 Å². The molecule has 148 valence electrons. The molecular weight excluding hydrogens is 385 g/mol. The van der Waals surface area contributed by atoms with E-state index in [1.165, 1.54) is 12.1 Å². The Morgan fingerprint density at radius 1 is 1.21 bits per heavy atom. The summed E-state index contributed by atoms with van der Waals surface area (Å²) in [5, 5.41) is 20.9. The molecule has 4 nitrogen and oxygen atoms in total. The van der Waals surface area contributed by atoms with Crippen LogP contribution in [0, 0.1) is 24.1 Å². The SMILES string of the molecule is CCc1nc(N2[C@H](CO)[C@@H](c3ccccc3-c3ccc(F)cc3)[C@@H]2C#N)sc1C. The molecule has 2 aromatic carbocycles. The fraction of sp³-hybridized carbons (Fsp3) is 0.304. The van der Waals surface area contributed by atoms with E-state index in [9.17, 15) is 14.8 Å². The van der Waals surface area contributed by atoms with Gasteiger partial charge in [0, 0.05) is 10.8 Å². The van der Waals surface area contributed by atoms with E-state index < -0.39 is 6.04 Å². The second-order valence-corrected chi connectivity index (χ2v) is 8.39. The number of hydrogen-bond acceptors (Lipinski definition) is 5. The van der Waals surface area contributed by atoms with Crippen LogP contribution < -0.4 is 4.90 Å². The first kappa shape index (κ1) is 19.6. The molecule has 0 bridgehead atoms. The molecule has 1 aliphatic heterocycles. The Hall–Kier alpha value is -2.75. The zero-order chi connectivity index (χ0) is 20.5. The van der Waals surface area contributed by atoms with Gasteiger partial charge in [-0.05, 0) is 42.2 Å². The Labute approximate surface area is 173 Å². The van der Waals surface area contributed by atoms with Crippen molar-refractivity contribution in [3.05, 3.63) is 70.5 Å². The molecule has 0 aliphatic carbocycles. The Morgan fingerprint density at radius 2 is 1.93 bits per heavy atom. The molecule has 6 heteroatoms. The number of aromatic nitrogens is 1. The highest BCUT2D eigenvalue weighted by molar-refractivity contribution is 7.15. The van der Waals surface area contributed by atoms with E-state index >= 15 is 0 Å². The lowest BCUT2D eigenvalue weighted by Crippen LogP contribution is -2.63. The van der Waals surface area contributed by atoms with Crippen LogP contribution in [0.15, 0.2) is 48.5 Å². The molecule has 4 rings (SSSR count). The first-order valence-electron chi connectivity index (χ1n) is 9.69. The number of aryl methyl sites for hydroxylation is 2. The fourth-order valence-electron chi connectivity index (χ4n) is 4.17. The van der Waals surface area contributed by atoms with Gasteiger partial charge in [0.25, 0.3) is 0 Å². The number of aliphatic hydroxyl groups is 1. The number of nitrogens with zero attached hydrogens (tertiary/aromatic N) is 3. The molecule has 1 fully saturated rings. The van der Waals surface area contributed by atoms with Crippen molar-refractivity contribution in [1.82, 2.24) is 4.98 Å². The van der Waals surface area contributed by atoms with E-state index in [0.717, 1.165) is 38.8 Å². The topological polar surface area (TPSA) is 60.1 Å². The number of thiazole rings is 1. The monoisotopic (exact) mass is 407 g/mol. The summed E-state index contributed by atoms with van der Waals surface area (Å²) in [6.45, 7) is 4.03. The molecule has 0 radical (unpaired) electrons. The van der Waals surface area contributed by atoms with Crippen molar-refractivity contribution in [2.24, 2.45) is 0 Å². The molecule has 2 heterocycles. The van der Waals surface area contributed by atoms with Crippen LogP contribution in [-0.4, -0.2) is 28.8 Å². The van der Waals surface area contributed by atoms with Crippen molar-refractivity contribution in [1.29, 1.82) is 5.26 Å². The van der Waals surface area contributed by atoms with Crippen molar-refractivity contribution in [3.8, 4) is 17.2 Å². The molecule has 0 saturated carbocycles. The third-order valence-corrected chi connectivity index (χ3v) is 6.67. The smallest absolute Gasteiger partial charge is 0.187 e. The zero-order valence-corrected chi connectivity index (χ0v) is 17.2. The molecule has 3 aromatic rings. The summed E-state index contributed by atoms with van der Waals surface area (Å²) in [5.74, 6) is -0.435. The maximum absolute atomic E-state index is 13.4. The number of hydrogen-bond donors (Lipinski definition) is 1. The van der Waals surface area contributed by atoms with E-state index in [4.69, 9.17) is 4.98 Å². The minimum absolute atomic E-state index is 0.0688. The molecule has 1 aromatic heterocycles. The van der Waals surface area contributed by atoms with E-state index in [-0.39, 0.29) is 24.4 Å². The van der Waals surface area contributed by atoms with Crippen LogP contribution in [0.3, 0.4) is 0 Å². The highest BCUT2D eigenvalue weighted by Crippen LogP contribution is 2.47. The minimum atomic E-state index is -0.413. The predicted octanol–water partition coefficient (Wildman–Crippen LogP) is 4.68. The van der Waals surface area contributed by atoms with Crippen molar-refractivity contribution >= 4 is 16.5 Å². The molecule has 0 spiro atoms. The maximum atomic E-state index is 13.4. The summed E-state index contributed by atoms with van der Waals surface area (Å²) >= 11 is 1.57. The molecule has 1 saturated heterocycles. The Bertz CT molecular complexity index is 1060. The molecule has 3 atom stereocenters. The van der Waals surface area contributed by atoms with Gasteiger partial charge in [-0.25, -0.2) is 9.37 Å². The third-order valence-electron chi connectivity index (χ3n) is 5.64. The highest BCUT2D eigenvalue weighted by Gasteiger charge is 2.51. The minimum Gasteiger partial charge on any atom is -0.394 e.